The molecule has 1 aliphatic rings. The van der Waals surface area contributed by atoms with E-state index in [-0.39, 0.29) is 5.91 Å². The van der Waals surface area contributed by atoms with Crippen LogP contribution in [0, 0.1) is 0 Å². The summed E-state index contributed by atoms with van der Waals surface area (Å²) < 4.78 is 0.522. The summed E-state index contributed by atoms with van der Waals surface area (Å²) in [4.78, 5) is 11.4. The fraction of sp³-hybridized carbons (Fsp3) is 0.889. The molecule has 0 aliphatic carbocycles. The van der Waals surface area contributed by atoms with Crippen molar-refractivity contribution in [2.45, 2.75) is 33.1 Å². The Bertz CT molecular complexity index is 162. The van der Waals surface area contributed by atoms with Gasteiger partial charge in [-0.1, -0.05) is 6.92 Å². The van der Waals surface area contributed by atoms with Crippen LogP contribution in [0.15, 0.2) is 0 Å². The summed E-state index contributed by atoms with van der Waals surface area (Å²) in [7, 11) is 0. The first-order valence-corrected chi connectivity index (χ1v) is 4.84. The number of nitrogens with zero attached hydrogens (tertiary/aromatic N) is 1. The maximum Gasteiger partial charge on any atom is 0.329 e. The molecule has 1 aliphatic heterocycles. The molecule has 0 unspecified atom stereocenters. The van der Waals surface area contributed by atoms with Crippen LogP contribution in [0.4, 0.5) is 0 Å². The van der Waals surface area contributed by atoms with Gasteiger partial charge in [0.15, 0.2) is 0 Å². The van der Waals surface area contributed by atoms with Crippen molar-refractivity contribution in [2.24, 2.45) is 0 Å². The van der Waals surface area contributed by atoms with E-state index in [1.807, 2.05) is 0 Å². The van der Waals surface area contributed by atoms with Crippen LogP contribution in [-0.4, -0.2) is 30.1 Å². The molecule has 0 aromatic heterocycles. The second kappa shape index (κ2) is 4.01. The predicted octanol–water partition coefficient (Wildman–Crippen LogP) is 1.06. The standard InChI is InChI=1S/C9H19N2O/c1-3-6-10-11(9(2)12)7-4-5-8-11/h10H,3-8H2,1-2H3/q+1. The Morgan fingerprint density at radius 2 is 2.00 bits per heavy atom. The summed E-state index contributed by atoms with van der Waals surface area (Å²) in [5.74, 6) is 0.265. The van der Waals surface area contributed by atoms with Gasteiger partial charge in [0.2, 0.25) is 0 Å². The van der Waals surface area contributed by atoms with Crippen molar-refractivity contribution in [1.82, 2.24) is 5.43 Å². The van der Waals surface area contributed by atoms with E-state index in [4.69, 9.17) is 0 Å². The molecule has 0 spiro atoms. The van der Waals surface area contributed by atoms with Crippen molar-refractivity contribution < 1.29 is 9.39 Å². The first kappa shape index (κ1) is 9.68. The Morgan fingerprint density at radius 3 is 2.42 bits per heavy atom. The van der Waals surface area contributed by atoms with Gasteiger partial charge in [0.1, 0.15) is 13.1 Å². The second-order valence-electron chi connectivity index (χ2n) is 3.55. The van der Waals surface area contributed by atoms with Crippen molar-refractivity contribution >= 4 is 5.91 Å². The predicted molar refractivity (Wildman–Crippen MR) is 48.2 cm³/mol. The number of likely N-dealkylation sites (tertiary alicyclic amines) is 1. The minimum Gasteiger partial charge on any atom is -0.229 e. The van der Waals surface area contributed by atoms with Crippen molar-refractivity contribution in [3.63, 3.8) is 0 Å². The molecule has 70 valence electrons. The molecule has 0 saturated carbocycles. The molecule has 1 saturated heterocycles. The fourth-order valence-corrected chi connectivity index (χ4v) is 1.79. The van der Waals surface area contributed by atoms with Gasteiger partial charge in [-0.05, 0) is 6.42 Å². The highest BCUT2D eigenvalue weighted by Gasteiger charge is 2.36. The molecule has 1 amide bonds. The summed E-state index contributed by atoms with van der Waals surface area (Å²) in [5, 5.41) is 0. The van der Waals surface area contributed by atoms with E-state index < -0.39 is 0 Å². The molecule has 1 rings (SSSR count). The van der Waals surface area contributed by atoms with Crippen LogP contribution in [0.2, 0.25) is 0 Å². The molecular weight excluding hydrogens is 152 g/mol. The van der Waals surface area contributed by atoms with Gasteiger partial charge in [-0.25, -0.2) is 4.79 Å². The Hall–Kier alpha value is -0.410. The Morgan fingerprint density at radius 1 is 1.42 bits per heavy atom. The third-order valence-corrected chi connectivity index (χ3v) is 2.60. The third-order valence-electron chi connectivity index (χ3n) is 2.60. The molecule has 0 radical (unpaired) electrons. The average Bonchev–Trinajstić information content (AvgIpc) is 2.50. The van der Waals surface area contributed by atoms with Crippen LogP contribution in [-0.2, 0) is 4.79 Å². The Balaban J connectivity index is 2.53. The van der Waals surface area contributed by atoms with Gasteiger partial charge >= 0.3 is 5.91 Å². The zero-order chi connectivity index (χ0) is 9.03. The molecule has 0 atom stereocenters. The lowest BCUT2D eigenvalue weighted by molar-refractivity contribution is -0.886. The zero-order valence-electron chi connectivity index (χ0n) is 8.10. The fourth-order valence-electron chi connectivity index (χ4n) is 1.79. The van der Waals surface area contributed by atoms with Crippen molar-refractivity contribution in [3.05, 3.63) is 0 Å². The minimum absolute atomic E-state index is 0.265. The van der Waals surface area contributed by atoms with Gasteiger partial charge in [-0.3, -0.25) is 0 Å². The molecular formula is C9H19N2O+. The van der Waals surface area contributed by atoms with Crippen LogP contribution in [0.3, 0.4) is 0 Å². The van der Waals surface area contributed by atoms with Crippen LogP contribution in [0.5, 0.6) is 0 Å². The lowest BCUT2D eigenvalue weighted by Crippen LogP contribution is -2.59. The minimum atomic E-state index is 0.265. The molecule has 3 nitrogen and oxygen atoms in total. The van der Waals surface area contributed by atoms with Crippen LogP contribution in [0.25, 0.3) is 0 Å². The summed E-state index contributed by atoms with van der Waals surface area (Å²) >= 11 is 0. The largest absolute Gasteiger partial charge is 0.329 e. The van der Waals surface area contributed by atoms with Gasteiger partial charge in [-0.2, -0.15) is 10.0 Å². The third kappa shape index (κ3) is 1.84. The number of rotatable bonds is 3. The molecule has 12 heavy (non-hydrogen) atoms. The molecule has 3 heteroatoms. The van der Waals surface area contributed by atoms with Crippen LogP contribution >= 0.6 is 0 Å². The maximum atomic E-state index is 11.4. The molecule has 0 bridgehead atoms. The number of amides is 1. The topological polar surface area (TPSA) is 29.1 Å². The van der Waals surface area contributed by atoms with Gasteiger partial charge in [0, 0.05) is 19.4 Å². The van der Waals surface area contributed by atoms with E-state index in [0.717, 1.165) is 26.1 Å². The highest BCUT2D eigenvalue weighted by atomic mass is 16.2. The molecule has 1 heterocycles. The quantitative estimate of drug-likeness (QED) is 0.643. The second-order valence-corrected chi connectivity index (χ2v) is 3.55. The molecule has 1 N–H and O–H groups in total. The van der Waals surface area contributed by atoms with Crippen LogP contribution in [0.1, 0.15) is 33.1 Å². The first-order chi connectivity index (χ1) is 5.71. The number of nitrogens with one attached hydrogen (secondary N) is 1. The summed E-state index contributed by atoms with van der Waals surface area (Å²) in [6.07, 6.45) is 3.44. The monoisotopic (exact) mass is 171 g/mol. The normalized spacial score (nSPS) is 21.2. The highest BCUT2D eigenvalue weighted by molar-refractivity contribution is 5.65. The van der Waals surface area contributed by atoms with Crippen molar-refractivity contribution in [1.29, 1.82) is 0 Å². The van der Waals surface area contributed by atoms with E-state index in [2.05, 4.69) is 12.3 Å². The Kier molecular flexibility index (Phi) is 3.23. The lowest BCUT2D eigenvalue weighted by Gasteiger charge is -2.29. The van der Waals surface area contributed by atoms with E-state index in [9.17, 15) is 4.79 Å². The van der Waals surface area contributed by atoms with Gasteiger partial charge in [0.25, 0.3) is 0 Å². The number of carbonyl (C=O) groups excluding carboxylic acids is 1. The van der Waals surface area contributed by atoms with Crippen LogP contribution < -0.4 is 5.43 Å². The average molecular weight is 171 g/mol. The van der Waals surface area contributed by atoms with Crippen molar-refractivity contribution in [2.75, 3.05) is 19.6 Å². The molecule has 0 aromatic carbocycles. The van der Waals surface area contributed by atoms with Gasteiger partial charge in [-0.15, -0.1) is 0 Å². The maximum absolute atomic E-state index is 11.4. The first-order valence-electron chi connectivity index (χ1n) is 4.84. The Labute approximate surface area is 74.3 Å². The van der Waals surface area contributed by atoms with Gasteiger partial charge < -0.3 is 0 Å². The van der Waals surface area contributed by atoms with E-state index >= 15 is 0 Å². The van der Waals surface area contributed by atoms with Gasteiger partial charge in [0.05, 0.1) is 6.92 Å². The van der Waals surface area contributed by atoms with E-state index in [1.54, 1.807) is 6.92 Å². The van der Waals surface area contributed by atoms with E-state index in [1.165, 1.54) is 12.8 Å². The smallest absolute Gasteiger partial charge is 0.229 e. The zero-order valence-corrected chi connectivity index (χ0v) is 8.10. The lowest BCUT2D eigenvalue weighted by atomic mass is 10.4. The van der Waals surface area contributed by atoms with Crippen molar-refractivity contribution in [3.8, 4) is 0 Å². The summed E-state index contributed by atoms with van der Waals surface area (Å²) in [6.45, 7) is 6.72. The molecule has 1 fully saturated rings. The number of carbonyl (C=O) groups is 1. The number of hydrogen-bond donors (Lipinski definition) is 1. The highest BCUT2D eigenvalue weighted by Crippen LogP contribution is 2.16. The number of quaternary nitrogens is 1. The van der Waals surface area contributed by atoms with E-state index in [0.29, 0.717) is 4.59 Å². The summed E-state index contributed by atoms with van der Waals surface area (Å²) in [6, 6.07) is 0. The molecule has 0 aromatic rings. The SMILES string of the molecule is CCCN[N+]1(C(C)=O)CCCC1. The number of hydrogen-bond acceptors (Lipinski definition) is 2. The summed E-state index contributed by atoms with van der Waals surface area (Å²) in [5.41, 5.74) is 3.33.